The van der Waals surface area contributed by atoms with Gasteiger partial charge in [-0.1, -0.05) is 23.7 Å². The Morgan fingerprint density at radius 2 is 1.88 bits per heavy atom. The Balaban J connectivity index is 2.04. The van der Waals surface area contributed by atoms with Gasteiger partial charge in [-0.3, -0.25) is 4.98 Å². The van der Waals surface area contributed by atoms with Gasteiger partial charge in [-0.2, -0.15) is 13.2 Å². The molecule has 0 radical (unpaired) electrons. The van der Waals surface area contributed by atoms with Gasteiger partial charge in [-0.15, -0.1) is 5.11 Å². The number of nitrogens with zero attached hydrogens (tertiary/aromatic N) is 2. The third-order valence-corrected chi connectivity index (χ3v) is 4.20. The maximum atomic E-state index is 12.7. The number of nitrogens with one attached hydrogen (secondary N) is 1. The second-order valence-electron chi connectivity index (χ2n) is 5.50. The van der Waals surface area contributed by atoms with Gasteiger partial charge in [0.2, 0.25) is 5.88 Å². The fraction of sp³-hybridized carbons (Fsp3) is 0.235. The average Bonchev–Trinajstić information content (AvgIpc) is 2.61. The van der Waals surface area contributed by atoms with Crippen molar-refractivity contribution in [3.8, 4) is 0 Å². The van der Waals surface area contributed by atoms with Crippen molar-refractivity contribution in [2.75, 3.05) is 6.61 Å². The first-order valence-corrected chi connectivity index (χ1v) is 7.81. The van der Waals surface area contributed by atoms with Gasteiger partial charge in [0.05, 0.1) is 12.2 Å². The molecule has 1 N–H and O–H groups in total. The molecule has 0 saturated carbocycles. The lowest BCUT2D eigenvalue weighted by atomic mass is 9.86. The summed E-state index contributed by atoms with van der Waals surface area (Å²) in [5, 5.41) is 3.98. The van der Waals surface area contributed by atoms with E-state index in [-0.39, 0.29) is 11.8 Å². The van der Waals surface area contributed by atoms with Crippen molar-refractivity contribution >= 4 is 17.2 Å². The van der Waals surface area contributed by atoms with Crippen LogP contribution in [-0.4, -0.2) is 11.6 Å². The highest BCUT2D eigenvalue weighted by molar-refractivity contribution is 6.30. The summed E-state index contributed by atoms with van der Waals surface area (Å²) in [6.07, 6.45) is -3.09. The Kier molecular flexibility index (Phi) is 4.76. The number of allylic oxidation sites excluding steroid dienone is 1. The highest BCUT2D eigenvalue weighted by Gasteiger charge is 2.32. The van der Waals surface area contributed by atoms with Crippen LogP contribution in [0.25, 0.3) is 5.57 Å². The van der Waals surface area contributed by atoms with Crippen molar-refractivity contribution in [1.29, 1.82) is 5.53 Å². The van der Waals surface area contributed by atoms with Gasteiger partial charge in [0.15, 0.2) is 0 Å². The maximum Gasteiger partial charge on any atom is 0.417 e. The van der Waals surface area contributed by atoms with Crippen molar-refractivity contribution in [2.24, 2.45) is 5.11 Å². The van der Waals surface area contributed by atoms with E-state index in [1.165, 1.54) is 6.07 Å². The van der Waals surface area contributed by atoms with E-state index < -0.39 is 11.7 Å². The van der Waals surface area contributed by atoms with Crippen molar-refractivity contribution < 1.29 is 17.9 Å². The summed E-state index contributed by atoms with van der Waals surface area (Å²) < 4.78 is 43.6. The normalized spacial score (nSPS) is 18.0. The van der Waals surface area contributed by atoms with Crippen LogP contribution in [0.15, 0.2) is 53.6 Å². The van der Waals surface area contributed by atoms with Crippen LogP contribution in [0.4, 0.5) is 13.2 Å². The Labute approximate surface area is 146 Å². The Bertz CT molecular complexity index is 801. The minimum Gasteiger partial charge on any atom is -0.476 e. The minimum absolute atomic E-state index is 0.139. The van der Waals surface area contributed by atoms with Crippen LogP contribution in [0.5, 0.6) is 0 Å². The molecule has 1 aliphatic heterocycles. The summed E-state index contributed by atoms with van der Waals surface area (Å²) >= 11 is 5.91. The van der Waals surface area contributed by atoms with Crippen LogP contribution in [0.3, 0.4) is 0 Å². The van der Waals surface area contributed by atoms with Crippen molar-refractivity contribution in [2.45, 2.75) is 18.5 Å². The number of rotatable bonds is 3. The molecule has 130 valence electrons. The summed E-state index contributed by atoms with van der Waals surface area (Å²) in [4.78, 5) is 3.99. The summed E-state index contributed by atoms with van der Waals surface area (Å²) in [6.45, 7) is 0.308. The van der Waals surface area contributed by atoms with Crippen LogP contribution in [0, 0.1) is 5.53 Å². The van der Waals surface area contributed by atoms with Gasteiger partial charge in [0, 0.05) is 28.4 Å². The van der Waals surface area contributed by atoms with E-state index in [0.717, 1.165) is 17.8 Å². The summed E-state index contributed by atoms with van der Waals surface area (Å²) in [6, 6.07) is 9.27. The lowest BCUT2D eigenvalue weighted by Crippen LogP contribution is -2.16. The van der Waals surface area contributed by atoms with Crippen LogP contribution in [-0.2, 0) is 10.9 Å². The summed E-state index contributed by atoms with van der Waals surface area (Å²) in [5.74, 6) is -0.179. The highest BCUT2D eigenvalue weighted by Crippen LogP contribution is 2.41. The summed E-state index contributed by atoms with van der Waals surface area (Å²) in [7, 11) is 0. The van der Waals surface area contributed by atoms with E-state index >= 15 is 0 Å². The molecule has 0 amide bonds. The fourth-order valence-corrected chi connectivity index (χ4v) is 2.89. The summed E-state index contributed by atoms with van der Waals surface area (Å²) in [5.41, 5.74) is 8.36. The van der Waals surface area contributed by atoms with Gasteiger partial charge < -0.3 is 4.74 Å². The zero-order valence-corrected chi connectivity index (χ0v) is 13.6. The van der Waals surface area contributed by atoms with E-state index in [4.69, 9.17) is 21.9 Å². The molecular formula is C17H13ClF3N3O. The number of pyridine rings is 1. The molecule has 0 spiro atoms. The quantitative estimate of drug-likeness (QED) is 0.712. The number of hydrogen-bond acceptors (Lipinski definition) is 4. The molecule has 0 aliphatic carbocycles. The molecule has 3 rings (SSSR count). The van der Waals surface area contributed by atoms with Crippen molar-refractivity contribution in [3.05, 3.63) is 70.3 Å². The second-order valence-corrected chi connectivity index (χ2v) is 5.93. The number of hydrogen-bond donors (Lipinski definition) is 1. The topological polar surface area (TPSA) is 58.3 Å². The molecule has 0 fully saturated rings. The first-order valence-electron chi connectivity index (χ1n) is 7.43. The molecule has 0 saturated heterocycles. The fourth-order valence-electron chi connectivity index (χ4n) is 2.77. The Morgan fingerprint density at radius 3 is 2.44 bits per heavy atom. The van der Waals surface area contributed by atoms with Crippen LogP contribution in [0.1, 0.15) is 29.2 Å². The third kappa shape index (κ3) is 3.66. The Hall–Kier alpha value is -2.41. The third-order valence-electron chi connectivity index (χ3n) is 3.95. The average molecular weight is 368 g/mol. The molecule has 8 heteroatoms. The molecule has 1 aromatic heterocycles. The minimum atomic E-state index is -4.43. The van der Waals surface area contributed by atoms with Crippen molar-refractivity contribution in [1.82, 2.24) is 4.98 Å². The van der Waals surface area contributed by atoms with E-state index in [0.29, 0.717) is 29.3 Å². The van der Waals surface area contributed by atoms with E-state index in [2.05, 4.69) is 10.1 Å². The lowest BCUT2D eigenvalue weighted by Gasteiger charge is -2.26. The maximum absolute atomic E-state index is 12.7. The molecule has 25 heavy (non-hydrogen) atoms. The van der Waals surface area contributed by atoms with Gasteiger partial charge in [-0.25, -0.2) is 5.53 Å². The van der Waals surface area contributed by atoms with Crippen LogP contribution in [0.2, 0.25) is 5.02 Å². The van der Waals surface area contributed by atoms with E-state index in [1.807, 2.05) is 0 Å². The van der Waals surface area contributed by atoms with Gasteiger partial charge in [0.1, 0.15) is 0 Å². The van der Waals surface area contributed by atoms with Gasteiger partial charge >= 0.3 is 6.18 Å². The predicted octanol–water partition coefficient (Wildman–Crippen LogP) is 5.66. The van der Waals surface area contributed by atoms with Crippen LogP contribution >= 0.6 is 11.6 Å². The lowest BCUT2D eigenvalue weighted by molar-refractivity contribution is -0.137. The first kappa shape index (κ1) is 17.4. The zero-order valence-electron chi connectivity index (χ0n) is 12.8. The smallest absolute Gasteiger partial charge is 0.417 e. The number of halogens is 4. The molecule has 4 nitrogen and oxygen atoms in total. The number of alkyl halides is 3. The SMILES string of the molecule is N=NC1=C(c2ccc(Cl)cc2)C(c2ccc(C(F)(F)F)cn2)CCO1. The second kappa shape index (κ2) is 6.84. The standard InChI is InChI=1S/C17H13ClF3N3O/c18-12-4-1-10(2-5-12)15-13(7-8-25-16(15)24-22)14-6-3-11(9-23-14)17(19,20)21/h1-6,9,13,22H,7-8H2. The number of benzene rings is 1. The molecule has 2 aromatic rings. The van der Waals surface area contributed by atoms with Gasteiger partial charge in [0.25, 0.3) is 0 Å². The molecule has 1 aliphatic rings. The molecule has 2 heterocycles. The molecule has 1 aromatic carbocycles. The number of ether oxygens (including phenoxy) is 1. The predicted molar refractivity (Wildman–Crippen MR) is 86.1 cm³/mol. The Morgan fingerprint density at radius 1 is 1.16 bits per heavy atom. The molecule has 0 bridgehead atoms. The molecular weight excluding hydrogens is 355 g/mol. The zero-order chi connectivity index (χ0) is 18.0. The molecule has 1 atom stereocenters. The monoisotopic (exact) mass is 367 g/mol. The number of aromatic nitrogens is 1. The molecule has 1 unspecified atom stereocenters. The van der Waals surface area contributed by atoms with Crippen molar-refractivity contribution in [3.63, 3.8) is 0 Å². The largest absolute Gasteiger partial charge is 0.476 e. The highest BCUT2D eigenvalue weighted by atomic mass is 35.5. The first-order chi connectivity index (χ1) is 11.9. The van der Waals surface area contributed by atoms with Crippen LogP contribution < -0.4 is 0 Å². The van der Waals surface area contributed by atoms with Gasteiger partial charge in [-0.05, 0) is 36.2 Å². The van der Waals surface area contributed by atoms with E-state index in [1.54, 1.807) is 24.3 Å². The van der Waals surface area contributed by atoms with E-state index in [9.17, 15) is 13.2 Å².